The van der Waals surface area contributed by atoms with Gasteiger partial charge in [0.15, 0.2) is 0 Å². The van der Waals surface area contributed by atoms with Crippen LogP contribution in [0.5, 0.6) is 0 Å². The first-order valence-electron chi connectivity index (χ1n) is 8.48. The number of carboxylic acid groups (broad SMARTS) is 1. The van der Waals surface area contributed by atoms with Gasteiger partial charge in [-0.3, -0.25) is 13.3 Å². The Bertz CT molecular complexity index is 1110. The van der Waals surface area contributed by atoms with Crippen LogP contribution in [0, 0.1) is 6.92 Å². The molecule has 1 amide bonds. The third kappa shape index (κ3) is 4.53. The Morgan fingerprint density at radius 3 is 2.45 bits per heavy atom. The van der Waals surface area contributed by atoms with Gasteiger partial charge in [0, 0.05) is 17.5 Å². The minimum absolute atomic E-state index is 0.0602. The Morgan fingerprint density at radius 1 is 1.10 bits per heavy atom. The molecule has 7 nitrogen and oxygen atoms in total. The van der Waals surface area contributed by atoms with Crippen molar-refractivity contribution in [1.82, 2.24) is 0 Å². The zero-order valence-electron chi connectivity index (χ0n) is 15.5. The monoisotopic (exact) mass is 429 g/mol. The van der Waals surface area contributed by atoms with Crippen molar-refractivity contribution >= 4 is 51.5 Å². The Balaban J connectivity index is 2.14. The molecule has 0 saturated heterocycles. The number of carboxylic acids is 1. The lowest BCUT2D eigenvalue weighted by Crippen LogP contribution is -2.21. The lowest BCUT2D eigenvalue weighted by atomic mass is 10.1. The van der Waals surface area contributed by atoms with Crippen LogP contribution in [-0.2, 0) is 16.1 Å². The van der Waals surface area contributed by atoms with Crippen molar-refractivity contribution in [3.8, 4) is 10.4 Å². The second-order valence-corrected chi connectivity index (χ2v) is 8.04. The molecule has 0 spiro atoms. The molecule has 0 aliphatic rings. The number of aryl methyl sites for hydroxylation is 1. The van der Waals surface area contributed by atoms with Crippen molar-refractivity contribution in [2.45, 2.75) is 13.8 Å². The van der Waals surface area contributed by atoms with E-state index in [2.05, 4.69) is 5.32 Å². The number of carbonyl (C=O) groups excluding carboxylic acids is 1. The van der Waals surface area contributed by atoms with Crippen LogP contribution in [0.25, 0.3) is 10.4 Å². The molecule has 3 rings (SSSR count). The maximum Gasteiger partial charge on any atom is 0.348 e. The van der Waals surface area contributed by atoms with Crippen LogP contribution in [0.2, 0.25) is 0 Å². The predicted molar refractivity (Wildman–Crippen MR) is 113 cm³/mol. The minimum atomic E-state index is -2.73. The fourth-order valence-electron chi connectivity index (χ4n) is 2.86. The van der Waals surface area contributed by atoms with Crippen LogP contribution in [-0.4, -0.2) is 25.7 Å². The Morgan fingerprint density at radius 2 is 1.83 bits per heavy atom. The summed E-state index contributed by atoms with van der Waals surface area (Å²) >= 11 is -1.76. The first-order valence-corrected chi connectivity index (χ1v) is 10.3. The first-order chi connectivity index (χ1) is 13.8. The maximum absolute atomic E-state index is 12.0. The highest BCUT2D eigenvalue weighted by Gasteiger charge is 2.24. The summed E-state index contributed by atoms with van der Waals surface area (Å²) in [6.45, 7) is 3.14. The second-order valence-electron chi connectivity index (χ2n) is 6.19. The van der Waals surface area contributed by atoms with Crippen LogP contribution in [0.3, 0.4) is 0 Å². The number of nitrogens with zero attached hydrogens (tertiary/aromatic N) is 1. The molecule has 0 fully saturated rings. The zero-order chi connectivity index (χ0) is 21.1. The van der Waals surface area contributed by atoms with E-state index in [9.17, 15) is 23.5 Å². The molecule has 29 heavy (non-hydrogen) atoms. The Labute approximate surface area is 174 Å². The summed E-state index contributed by atoms with van der Waals surface area (Å²) in [5, 5.41) is 12.3. The molecule has 1 unspecified atom stereocenters. The number of benzene rings is 2. The largest absolute Gasteiger partial charge is 0.755 e. The van der Waals surface area contributed by atoms with Crippen LogP contribution < -0.4 is 9.62 Å². The Hall–Kier alpha value is -3.01. The fourth-order valence-corrected chi connectivity index (χ4v) is 4.57. The second kappa shape index (κ2) is 8.56. The van der Waals surface area contributed by atoms with Gasteiger partial charge in [0.1, 0.15) is 4.88 Å². The number of thiophene rings is 1. The molecule has 9 heteroatoms. The molecule has 1 aromatic heterocycles. The molecule has 2 aromatic carbocycles. The average Bonchev–Trinajstić information content (AvgIpc) is 3.08. The van der Waals surface area contributed by atoms with Crippen LogP contribution in [0.1, 0.15) is 22.2 Å². The summed E-state index contributed by atoms with van der Waals surface area (Å²) in [6, 6.07) is 15.3. The van der Waals surface area contributed by atoms with Gasteiger partial charge in [-0.15, -0.1) is 11.3 Å². The smallest absolute Gasteiger partial charge is 0.348 e. The van der Waals surface area contributed by atoms with E-state index in [1.165, 1.54) is 13.0 Å². The molecule has 0 aliphatic carbocycles. The number of amides is 1. The predicted octanol–water partition coefficient (Wildman–Crippen LogP) is 4.31. The highest BCUT2D eigenvalue weighted by molar-refractivity contribution is 7.81. The maximum atomic E-state index is 12.0. The van der Waals surface area contributed by atoms with Crippen molar-refractivity contribution in [1.29, 1.82) is 0 Å². The molecular weight excluding hydrogens is 412 g/mol. The van der Waals surface area contributed by atoms with Gasteiger partial charge in [-0.05, 0) is 42.3 Å². The van der Waals surface area contributed by atoms with Gasteiger partial charge in [0.25, 0.3) is 0 Å². The van der Waals surface area contributed by atoms with Gasteiger partial charge in [-0.2, -0.15) is 0 Å². The van der Waals surface area contributed by atoms with Crippen LogP contribution >= 0.6 is 11.3 Å². The van der Waals surface area contributed by atoms with Gasteiger partial charge in [0.2, 0.25) is 5.91 Å². The summed E-state index contributed by atoms with van der Waals surface area (Å²) in [4.78, 5) is 23.6. The zero-order valence-corrected chi connectivity index (χ0v) is 17.2. The van der Waals surface area contributed by atoms with Gasteiger partial charge in [0.05, 0.1) is 22.6 Å². The molecular formula is C20H17N2O5S2-. The van der Waals surface area contributed by atoms with E-state index in [4.69, 9.17) is 0 Å². The normalized spacial score (nSPS) is 11.7. The van der Waals surface area contributed by atoms with Crippen LogP contribution in [0.4, 0.5) is 17.1 Å². The standard InChI is InChI=1S/C20H18N2O5S2/c1-12-6-3-4-9-16(12)22(29(26)27)17-11-18(28-19(17)20(24)25)14-7-5-8-15(10-14)21-13(2)23/h3-11H,1-2H3,(H,21,23)(H,24,25)(H,26,27)/p-1. The van der Waals surface area contributed by atoms with Gasteiger partial charge in [-0.25, -0.2) is 4.79 Å². The van der Waals surface area contributed by atoms with Crippen molar-refractivity contribution in [2.24, 2.45) is 0 Å². The molecule has 0 radical (unpaired) electrons. The van der Waals surface area contributed by atoms with E-state index in [0.717, 1.165) is 15.6 Å². The van der Waals surface area contributed by atoms with E-state index >= 15 is 0 Å². The van der Waals surface area contributed by atoms with E-state index in [0.29, 0.717) is 27.4 Å². The molecule has 1 atom stereocenters. The summed E-state index contributed by atoms with van der Waals surface area (Å²) in [5.74, 6) is -1.45. The van der Waals surface area contributed by atoms with Crippen molar-refractivity contribution < 1.29 is 23.5 Å². The van der Waals surface area contributed by atoms with E-state index in [1.54, 1.807) is 55.5 Å². The highest BCUT2D eigenvalue weighted by Crippen LogP contribution is 2.41. The number of carbonyl (C=O) groups is 2. The minimum Gasteiger partial charge on any atom is -0.755 e. The summed E-state index contributed by atoms with van der Waals surface area (Å²) in [5.41, 5.74) is 2.35. The molecule has 0 saturated carbocycles. The van der Waals surface area contributed by atoms with Gasteiger partial charge in [-0.1, -0.05) is 30.3 Å². The highest BCUT2D eigenvalue weighted by atomic mass is 32.2. The van der Waals surface area contributed by atoms with Gasteiger partial charge >= 0.3 is 5.97 Å². The molecule has 1 heterocycles. The Kier molecular flexibility index (Phi) is 6.12. The number of aromatic carboxylic acids is 1. The van der Waals surface area contributed by atoms with Crippen LogP contribution in [0.15, 0.2) is 54.6 Å². The third-order valence-electron chi connectivity index (χ3n) is 4.08. The number of anilines is 3. The van der Waals surface area contributed by atoms with Crippen molar-refractivity contribution in [3.63, 3.8) is 0 Å². The lowest BCUT2D eigenvalue weighted by molar-refractivity contribution is -0.114. The fraction of sp³-hybridized carbons (Fsp3) is 0.100. The summed E-state index contributed by atoms with van der Waals surface area (Å²) in [7, 11) is 0. The molecule has 0 bridgehead atoms. The molecule has 0 aliphatic heterocycles. The van der Waals surface area contributed by atoms with Crippen molar-refractivity contribution in [3.05, 3.63) is 65.0 Å². The molecule has 150 valence electrons. The quantitative estimate of drug-likeness (QED) is 0.567. The number of rotatable bonds is 6. The van der Waals surface area contributed by atoms with E-state index in [-0.39, 0.29) is 16.5 Å². The SMILES string of the molecule is CC(=O)Nc1cccc(-c2cc(N(c3ccccc3C)S(=O)[O-])c(C(=O)O)s2)c1. The average molecular weight is 429 g/mol. The van der Waals surface area contributed by atoms with E-state index < -0.39 is 17.2 Å². The lowest BCUT2D eigenvalue weighted by Gasteiger charge is -2.27. The summed E-state index contributed by atoms with van der Waals surface area (Å²) in [6.07, 6.45) is 0. The number of hydrogen-bond acceptors (Lipinski definition) is 5. The molecule has 3 aromatic rings. The van der Waals surface area contributed by atoms with Gasteiger partial charge < -0.3 is 15.0 Å². The summed E-state index contributed by atoms with van der Waals surface area (Å²) < 4.78 is 25.1. The number of hydrogen-bond donors (Lipinski definition) is 2. The third-order valence-corrected chi connectivity index (χ3v) is 5.93. The molecule has 2 N–H and O–H groups in total. The first kappa shape index (κ1) is 20.7. The number of nitrogens with one attached hydrogen (secondary N) is 1. The van der Waals surface area contributed by atoms with Crippen molar-refractivity contribution in [2.75, 3.05) is 9.62 Å². The number of para-hydroxylation sites is 1. The topological polar surface area (TPSA) is 110 Å². The van der Waals surface area contributed by atoms with E-state index in [1.807, 2.05) is 0 Å².